The van der Waals surface area contributed by atoms with E-state index in [9.17, 15) is 4.79 Å². The fourth-order valence-electron chi connectivity index (χ4n) is 2.72. The van der Waals surface area contributed by atoms with Crippen LogP contribution >= 0.6 is 0 Å². The number of fused-ring (bicyclic) bond motifs is 1. The van der Waals surface area contributed by atoms with Crippen molar-refractivity contribution in [1.29, 1.82) is 0 Å². The number of hydrogen-bond donors (Lipinski definition) is 2. The van der Waals surface area contributed by atoms with Crippen molar-refractivity contribution in [2.24, 2.45) is 0 Å². The van der Waals surface area contributed by atoms with Crippen LogP contribution in [0.3, 0.4) is 0 Å². The number of rotatable bonds is 5. The summed E-state index contributed by atoms with van der Waals surface area (Å²) in [5, 5.41) is 6.02. The maximum absolute atomic E-state index is 12.4. The van der Waals surface area contributed by atoms with Crippen molar-refractivity contribution in [3.05, 3.63) is 72.1 Å². The van der Waals surface area contributed by atoms with Crippen LogP contribution in [0.2, 0.25) is 0 Å². The van der Waals surface area contributed by atoms with Gasteiger partial charge in [0.2, 0.25) is 12.7 Å². The van der Waals surface area contributed by atoms with Gasteiger partial charge in [0.05, 0.1) is 11.6 Å². The van der Waals surface area contributed by atoms with Gasteiger partial charge in [-0.05, 0) is 24.6 Å². The minimum absolute atomic E-state index is 0.106. The Balaban J connectivity index is 1.40. The molecule has 0 saturated heterocycles. The Morgan fingerprint density at radius 2 is 1.78 bits per heavy atom. The summed E-state index contributed by atoms with van der Waals surface area (Å²) in [7, 11) is 0. The largest absolute Gasteiger partial charge is 0.454 e. The van der Waals surface area contributed by atoms with Gasteiger partial charge in [-0.1, -0.05) is 30.3 Å². The molecule has 7 heteroatoms. The monoisotopic (exact) mass is 362 g/mol. The van der Waals surface area contributed by atoms with Crippen molar-refractivity contribution >= 4 is 17.5 Å². The predicted molar refractivity (Wildman–Crippen MR) is 100 cm³/mol. The molecule has 27 heavy (non-hydrogen) atoms. The Morgan fingerprint density at radius 1 is 1.04 bits per heavy atom. The molecule has 2 heterocycles. The summed E-state index contributed by atoms with van der Waals surface area (Å²) in [6.07, 6.45) is 2.99. The van der Waals surface area contributed by atoms with E-state index in [4.69, 9.17) is 9.47 Å². The number of nitrogens with one attached hydrogen (secondary N) is 2. The van der Waals surface area contributed by atoms with Gasteiger partial charge in [0.1, 0.15) is 0 Å². The smallest absolute Gasteiger partial charge is 0.254 e. The number of hydrogen-bond acceptors (Lipinski definition) is 6. The van der Waals surface area contributed by atoms with Gasteiger partial charge in [-0.15, -0.1) is 0 Å². The lowest BCUT2D eigenvalue weighted by molar-refractivity contribution is 0.0939. The second kappa shape index (κ2) is 7.33. The molecule has 1 unspecified atom stereocenters. The van der Waals surface area contributed by atoms with E-state index >= 15 is 0 Å². The van der Waals surface area contributed by atoms with E-state index in [1.807, 2.05) is 55.5 Å². The Hall–Kier alpha value is -3.61. The molecule has 0 spiro atoms. The molecule has 1 aliphatic rings. The van der Waals surface area contributed by atoms with Crippen molar-refractivity contribution < 1.29 is 14.3 Å². The molecule has 1 aliphatic heterocycles. The van der Waals surface area contributed by atoms with Gasteiger partial charge in [0.15, 0.2) is 11.5 Å². The third kappa shape index (κ3) is 3.82. The fourth-order valence-corrected chi connectivity index (χ4v) is 2.72. The average molecular weight is 362 g/mol. The molecule has 2 aromatic carbocycles. The molecule has 0 fully saturated rings. The van der Waals surface area contributed by atoms with E-state index in [0.717, 1.165) is 11.3 Å². The highest BCUT2D eigenvalue weighted by Gasteiger charge is 2.14. The number of anilines is 2. The summed E-state index contributed by atoms with van der Waals surface area (Å²) in [6, 6.07) is 15.1. The van der Waals surface area contributed by atoms with Crippen molar-refractivity contribution in [2.45, 2.75) is 13.0 Å². The van der Waals surface area contributed by atoms with Crippen molar-refractivity contribution in [2.75, 3.05) is 12.1 Å². The van der Waals surface area contributed by atoms with E-state index in [2.05, 4.69) is 20.6 Å². The molecule has 136 valence electrons. The fraction of sp³-hybridized carbons (Fsp3) is 0.150. The molecule has 7 nitrogen and oxygen atoms in total. The first-order chi connectivity index (χ1) is 13.2. The quantitative estimate of drug-likeness (QED) is 0.723. The summed E-state index contributed by atoms with van der Waals surface area (Å²) in [5.74, 6) is 1.55. The minimum Gasteiger partial charge on any atom is -0.454 e. The number of carbonyl (C=O) groups excluding carboxylic acids is 1. The molecule has 3 aromatic rings. The lowest BCUT2D eigenvalue weighted by Gasteiger charge is -2.14. The number of nitrogens with zero attached hydrogens (tertiary/aromatic N) is 2. The molecule has 1 amide bonds. The molecule has 0 bridgehead atoms. The SMILES string of the molecule is CC(NC(=O)c1cnc(Nc2ccc3c(c2)OCO3)nc1)c1ccccc1. The van der Waals surface area contributed by atoms with Crippen LogP contribution in [-0.4, -0.2) is 22.7 Å². The highest BCUT2D eigenvalue weighted by molar-refractivity contribution is 5.93. The summed E-state index contributed by atoms with van der Waals surface area (Å²) >= 11 is 0. The first-order valence-electron chi connectivity index (χ1n) is 8.53. The van der Waals surface area contributed by atoms with Gasteiger partial charge >= 0.3 is 0 Å². The molecule has 4 rings (SSSR count). The van der Waals surface area contributed by atoms with Crippen LogP contribution < -0.4 is 20.1 Å². The van der Waals surface area contributed by atoms with Crippen LogP contribution in [0.5, 0.6) is 11.5 Å². The molecular weight excluding hydrogens is 344 g/mol. The van der Waals surface area contributed by atoms with Crippen LogP contribution in [0.25, 0.3) is 0 Å². The summed E-state index contributed by atoms with van der Waals surface area (Å²) in [5.41, 5.74) is 2.20. The van der Waals surface area contributed by atoms with Crippen LogP contribution in [-0.2, 0) is 0 Å². The number of aromatic nitrogens is 2. The maximum Gasteiger partial charge on any atom is 0.254 e. The average Bonchev–Trinajstić information content (AvgIpc) is 3.17. The van der Waals surface area contributed by atoms with Crippen LogP contribution in [0.15, 0.2) is 60.9 Å². The van der Waals surface area contributed by atoms with Crippen LogP contribution in [0, 0.1) is 0 Å². The predicted octanol–water partition coefficient (Wildman–Crippen LogP) is 3.44. The third-order valence-electron chi connectivity index (χ3n) is 4.19. The first kappa shape index (κ1) is 16.8. The summed E-state index contributed by atoms with van der Waals surface area (Å²) < 4.78 is 10.6. The van der Waals surface area contributed by atoms with Crippen molar-refractivity contribution in [3.8, 4) is 11.5 Å². The summed E-state index contributed by atoms with van der Waals surface area (Å²) in [6.45, 7) is 2.16. The highest BCUT2D eigenvalue weighted by atomic mass is 16.7. The van der Waals surface area contributed by atoms with Crippen LogP contribution in [0.4, 0.5) is 11.6 Å². The Labute approximate surface area is 156 Å². The van der Waals surface area contributed by atoms with Gasteiger partial charge in [0, 0.05) is 24.1 Å². The lowest BCUT2D eigenvalue weighted by Crippen LogP contribution is -2.26. The van der Waals surface area contributed by atoms with E-state index in [1.54, 1.807) is 0 Å². The van der Waals surface area contributed by atoms with Gasteiger partial charge in [-0.3, -0.25) is 4.79 Å². The zero-order valence-corrected chi connectivity index (χ0v) is 14.7. The van der Waals surface area contributed by atoms with Crippen molar-refractivity contribution in [1.82, 2.24) is 15.3 Å². The maximum atomic E-state index is 12.4. The normalized spacial score (nSPS) is 13.1. The van der Waals surface area contributed by atoms with E-state index < -0.39 is 0 Å². The molecule has 0 aliphatic carbocycles. The molecular formula is C20H18N4O3. The van der Waals surface area contributed by atoms with Crippen LogP contribution in [0.1, 0.15) is 28.9 Å². The lowest BCUT2D eigenvalue weighted by atomic mass is 10.1. The second-order valence-electron chi connectivity index (χ2n) is 6.09. The molecule has 0 saturated carbocycles. The topological polar surface area (TPSA) is 85.4 Å². The number of ether oxygens (including phenoxy) is 2. The number of carbonyl (C=O) groups is 1. The van der Waals surface area contributed by atoms with E-state index in [-0.39, 0.29) is 18.7 Å². The number of benzene rings is 2. The molecule has 0 radical (unpaired) electrons. The summed E-state index contributed by atoms with van der Waals surface area (Å²) in [4.78, 5) is 20.8. The van der Waals surface area contributed by atoms with Gasteiger partial charge in [-0.2, -0.15) is 0 Å². The van der Waals surface area contributed by atoms with Gasteiger partial charge < -0.3 is 20.1 Å². The number of amides is 1. The molecule has 1 atom stereocenters. The third-order valence-corrected chi connectivity index (χ3v) is 4.19. The van der Waals surface area contributed by atoms with Gasteiger partial charge in [0.25, 0.3) is 5.91 Å². The van der Waals surface area contributed by atoms with E-state index in [1.165, 1.54) is 12.4 Å². The Morgan fingerprint density at radius 3 is 2.56 bits per heavy atom. The minimum atomic E-state index is -0.221. The first-order valence-corrected chi connectivity index (χ1v) is 8.53. The molecule has 2 N–H and O–H groups in total. The zero-order valence-electron chi connectivity index (χ0n) is 14.7. The molecule has 1 aromatic heterocycles. The zero-order chi connectivity index (χ0) is 18.6. The second-order valence-corrected chi connectivity index (χ2v) is 6.09. The highest BCUT2D eigenvalue weighted by Crippen LogP contribution is 2.34. The Bertz CT molecular complexity index is 945. The standard InChI is InChI=1S/C20H18N4O3/c1-13(14-5-3-2-4-6-14)23-19(25)15-10-21-20(22-11-15)24-16-7-8-17-18(9-16)27-12-26-17/h2-11,13H,12H2,1H3,(H,23,25)(H,21,22,24). The Kier molecular flexibility index (Phi) is 4.57. The van der Waals surface area contributed by atoms with E-state index in [0.29, 0.717) is 23.0 Å². The van der Waals surface area contributed by atoms with Gasteiger partial charge in [-0.25, -0.2) is 9.97 Å². The van der Waals surface area contributed by atoms with Crippen molar-refractivity contribution in [3.63, 3.8) is 0 Å².